The van der Waals surface area contributed by atoms with Crippen LogP contribution in [0.2, 0.25) is 0 Å². The third kappa shape index (κ3) is 4.76. The smallest absolute Gasteiger partial charge is 0.406 e. The molecule has 0 unspecified atom stereocenters. The highest BCUT2D eigenvalue weighted by Gasteiger charge is 2.47. The van der Waals surface area contributed by atoms with Crippen LogP contribution in [0.5, 0.6) is 5.75 Å². The first-order valence-electron chi connectivity index (χ1n) is 8.36. The number of carbonyl (C=O) groups excluding carboxylic acids is 3. The molecule has 1 heterocycles. The quantitative estimate of drug-likeness (QED) is 0.755. The van der Waals surface area contributed by atoms with Gasteiger partial charge in [-0.1, -0.05) is 0 Å². The Morgan fingerprint density at radius 2 is 1.89 bits per heavy atom. The molecule has 7 nitrogen and oxygen atoms in total. The Kier molecular flexibility index (Phi) is 5.09. The number of likely N-dealkylation sites (tertiary alicyclic amines) is 1. The van der Waals surface area contributed by atoms with Crippen LogP contribution in [0.4, 0.5) is 18.9 Å². The van der Waals surface area contributed by atoms with Crippen LogP contribution in [0.3, 0.4) is 0 Å². The summed E-state index contributed by atoms with van der Waals surface area (Å²) < 4.78 is 40.1. The second-order valence-corrected chi connectivity index (χ2v) is 6.59. The second kappa shape index (κ2) is 7.18. The third-order valence-corrected chi connectivity index (χ3v) is 4.37. The molecule has 146 valence electrons. The highest BCUT2D eigenvalue weighted by atomic mass is 19.4. The number of nitrogens with one attached hydrogen (secondary N) is 1. The number of hydrogen-bond donors (Lipinski definition) is 1. The Morgan fingerprint density at radius 1 is 1.26 bits per heavy atom. The summed E-state index contributed by atoms with van der Waals surface area (Å²) in [5, 5.41) is 2.53. The molecule has 1 saturated heterocycles. The number of likely N-dealkylation sites (N-methyl/N-ethyl adjacent to an activating group) is 1. The molecule has 1 saturated carbocycles. The number of rotatable bonds is 6. The van der Waals surface area contributed by atoms with Gasteiger partial charge in [0, 0.05) is 11.7 Å². The lowest BCUT2D eigenvalue weighted by Crippen LogP contribution is -2.43. The first kappa shape index (κ1) is 19.2. The number of hydrogen-bond acceptors (Lipinski definition) is 5. The van der Waals surface area contributed by atoms with E-state index in [1.165, 1.54) is 21.9 Å². The van der Waals surface area contributed by atoms with Gasteiger partial charge in [-0.05, 0) is 44.2 Å². The van der Waals surface area contributed by atoms with Crippen molar-refractivity contribution in [1.29, 1.82) is 0 Å². The summed E-state index contributed by atoms with van der Waals surface area (Å²) in [4.78, 5) is 39.3. The molecule has 2 aliphatic rings. The van der Waals surface area contributed by atoms with Crippen molar-refractivity contribution >= 4 is 23.4 Å². The molecule has 3 amide bonds. The Morgan fingerprint density at radius 3 is 2.44 bits per heavy atom. The Balaban J connectivity index is 1.53. The zero-order valence-corrected chi connectivity index (χ0v) is 14.5. The predicted octanol–water partition coefficient (Wildman–Crippen LogP) is 1.75. The molecule has 1 atom stereocenters. The van der Waals surface area contributed by atoms with E-state index in [1.54, 1.807) is 7.05 Å². The van der Waals surface area contributed by atoms with E-state index in [0.717, 1.165) is 25.0 Å². The first-order chi connectivity index (χ1) is 12.6. The number of alkyl halides is 3. The van der Waals surface area contributed by atoms with Crippen LogP contribution >= 0.6 is 0 Å². The minimum Gasteiger partial charge on any atom is -0.406 e. The maximum Gasteiger partial charge on any atom is 0.573 e. The highest BCUT2D eigenvalue weighted by Crippen LogP contribution is 2.32. The van der Waals surface area contributed by atoms with E-state index < -0.39 is 24.1 Å². The van der Waals surface area contributed by atoms with Crippen molar-refractivity contribution < 1.29 is 32.3 Å². The molecule has 0 aromatic heterocycles. The van der Waals surface area contributed by atoms with E-state index in [-0.39, 0.29) is 36.5 Å². The molecule has 1 aromatic rings. The molecule has 0 radical (unpaired) electrons. The van der Waals surface area contributed by atoms with Crippen molar-refractivity contribution in [3.8, 4) is 5.75 Å². The Hall–Kier alpha value is -2.62. The topological polar surface area (TPSA) is 79.0 Å². The van der Waals surface area contributed by atoms with Gasteiger partial charge in [-0.25, -0.2) is 0 Å². The fourth-order valence-electron chi connectivity index (χ4n) is 2.97. The molecule has 1 aliphatic carbocycles. The molecule has 1 N–H and O–H groups in total. The lowest BCUT2D eigenvalue weighted by Gasteiger charge is -2.22. The third-order valence-electron chi connectivity index (χ3n) is 4.37. The van der Waals surface area contributed by atoms with E-state index >= 15 is 0 Å². The highest BCUT2D eigenvalue weighted by molar-refractivity contribution is 6.06. The summed E-state index contributed by atoms with van der Waals surface area (Å²) in [6.07, 6.45) is -3.10. The summed E-state index contributed by atoms with van der Waals surface area (Å²) in [7, 11) is 1.58. The number of ether oxygens (including phenoxy) is 1. The minimum absolute atomic E-state index is 0.00495. The predicted molar refractivity (Wildman–Crippen MR) is 87.7 cm³/mol. The van der Waals surface area contributed by atoms with Crippen LogP contribution in [-0.4, -0.2) is 59.6 Å². The van der Waals surface area contributed by atoms with Gasteiger partial charge in [0.1, 0.15) is 5.75 Å². The normalized spacial score (nSPS) is 20.3. The average Bonchev–Trinajstić information content (AvgIpc) is 3.33. The standard InChI is InChI=1S/C17H18F3N3O4/c1-22(13-8-15(25)23(16(13)26)11-4-5-11)9-14(24)21-10-2-6-12(7-3-10)27-17(18,19)20/h2-3,6-7,11,13H,4-5,8-9H2,1H3,(H,21,24)/t13-/m0/s1. The molecule has 1 aliphatic heterocycles. The zero-order valence-electron chi connectivity index (χ0n) is 14.5. The Bertz CT molecular complexity index is 747. The largest absolute Gasteiger partial charge is 0.573 e. The molecule has 1 aromatic carbocycles. The average molecular weight is 385 g/mol. The van der Waals surface area contributed by atoms with Gasteiger partial charge in [0.2, 0.25) is 17.7 Å². The number of imide groups is 1. The molecular weight excluding hydrogens is 367 g/mol. The fourth-order valence-corrected chi connectivity index (χ4v) is 2.97. The van der Waals surface area contributed by atoms with Crippen LogP contribution in [0.15, 0.2) is 24.3 Å². The minimum atomic E-state index is -4.78. The van der Waals surface area contributed by atoms with Gasteiger partial charge in [0.25, 0.3) is 0 Å². The monoisotopic (exact) mass is 385 g/mol. The number of halogens is 3. The first-order valence-corrected chi connectivity index (χ1v) is 8.36. The maximum absolute atomic E-state index is 12.4. The van der Waals surface area contributed by atoms with Crippen molar-refractivity contribution in [1.82, 2.24) is 9.80 Å². The summed E-state index contributed by atoms with van der Waals surface area (Å²) in [6.45, 7) is -0.136. The van der Waals surface area contributed by atoms with Gasteiger partial charge < -0.3 is 10.1 Å². The summed E-state index contributed by atoms with van der Waals surface area (Å²) in [6, 6.07) is 4.04. The van der Waals surface area contributed by atoms with E-state index in [4.69, 9.17) is 0 Å². The van der Waals surface area contributed by atoms with Gasteiger partial charge in [-0.2, -0.15) is 0 Å². The van der Waals surface area contributed by atoms with Gasteiger partial charge in [-0.3, -0.25) is 24.2 Å². The molecule has 2 fully saturated rings. The van der Waals surface area contributed by atoms with Gasteiger partial charge >= 0.3 is 6.36 Å². The van der Waals surface area contributed by atoms with Crippen molar-refractivity contribution in [3.63, 3.8) is 0 Å². The van der Waals surface area contributed by atoms with Crippen molar-refractivity contribution in [2.75, 3.05) is 18.9 Å². The number of anilines is 1. The zero-order chi connectivity index (χ0) is 19.8. The van der Waals surface area contributed by atoms with Gasteiger partial charge in [0.05, 0.1) is 19.0 Å². The van der Waals surface area contributed by atoms with Crippen LogP contribution in [0.25, 0.3) is 0 Å². The van der Waals surface area contributed by atoms with Crippen LogP contribution < -0.4 is 10.1 Å². The molecular formula is C17H18F3N3O4. The van der Waals surface area contributed by atoms with Crippen molar-refractivity contribution in [2.24, 2.45) is 0 Å². The van der Waals surface area contributed by atoms with Crippen LogP contribution in [-0.2, 0) is 14.4 Å². The van der Waals surface area contributed by atoms with Gasteiger partial charge in [0.15, 0.2) is 0 Å². The lowest BCUT2D eigenvalue weighted by atomic mass is 10.2. The lowest BCUT2D eigenvalue weighted by molar-refractivity contribution is -0.274. The van der Waals surface area contributed by atoms with E-state index in [1.807, 2.05) is 0 Å². The summed E-state index contributed by atoms with van der Waals surface area (Å²) >= 11 is 0. The van der Waals surface area contributed by atoms with Crippen LogP contribution in [0.1, 0.15) is 19.3 Å². The SMILES string of the molecule is CN(CC(=O)Nc1ccc(OC(F)(F)F)cc1)[C@H]1CC(=O)N(C2CC2)C1=O. The maximum atomic E-state index is 12.4. The van der Waals surface area contributed by atoms with E-state index in [2.05, 4.69) is 10.1 Å². The van der Waals surface area contributed by atoms with Crippen molar-refractivity contribution in [3.05, 3.63) is 24.3 Å². The molecule has 0 bridgehead atoms. The summed E-state index contributed by atoms with van der Waals surface area (Å²) in [5.74, 6) is -1.36. The number of carbonyl (C=O) groups is 3. The van der Waals surface area contributed by atoms with Crippen LogP contribution in [0, 0.1) is 0 Å². The molecule has 3 rings (SSSR count). The summed E-state index contributed by atoms with van der Waals surface area (Å²) in [5.41, 5.74) is 0.288. The number of nitrogens with zero attached hydrogens (tertiary/aromatic N) is 2. The van der Waals surface area contributed by atoms with Gasteiger partial charge in [-0.15, -0.1) is 13.2 Å². The second-order valence-electron chi connectivity index (χ2n) is 6.59. The fraction of sp³-hybridized carbons (Fsp3) is 0.471. The number of benzene rings is 1. The Labute approximate surface area is 153 Å². The van der Waals surface area contributed by atoms with E-state index in [9.17, 15) is 27.6 Å². The van der Waals surface area contributed by atoms with Crippen molar-refractivity contribution in [2.45, 2.75) is 37.7 Å². The molecule has 0 spiro atoms. The molecule has 27 heavy (non-hydrogen) atoms. The molecule has 10 heteroatoms. The van der Waals surface area contributed by atoms with E-state index in [0.29, 0.717) is 0 Å². The number of amides is 3.